The molecule has 1 heterocycles. The predicted molar refractivity (Wildman–Crippen MR) is 67.8 cm³/mol. The molecule has 0 aliphatic carbocycles. The molecule has 0 saturated heterocycles. The summed E-state index contributed by atoms with van der Waals surface area (Å²) in [5.74, 6) is -0.246. The van der Waals surface area contributed by atoms with E-state index in [4.69, 9.17) is 0 Å². The summed E-state index contributed by atoms with van der Waals surface area (Å²) in [4.78, 5) is 15.6. The molecular weight excluding hydrogens is 292 g/mol. The van der Waals surface area contributed by atoms with Crippen molar-refractivity contribution >= 4 is 32.6 Å². The minimum Gasteiger partial charge on any atom is -0.350 e. The molecule has 0 aliphatic heterocycles. The van der Waals surface area contributed by atoms with Crippen LogP contribution in [0.3, 0.4) is 0 Å². The van der Waals surface area contributed by atoms with Crippen molar-refractivity contribution in [2.45, 2.75) is 12.2 Å². The maximum atomic E-state index is 11.6. The molecule has 1 aromatic heterocycles. The summed E-state index contributed by atoms with van der Waals surface area (Å²) in [6, 6.07) is 3.39. The van der Waals surface area contributed by atoms with Gasteiger partial charge in [0.05, 0.1) is 0 Å². The quantitative estimate of drug-likeness (QED) is 0.913. The van der Waals surface area contributed by atoms with Crippen molar-refractivity contribution in [3.05, 3.63) is 28.5 Å². The minimum atomic E-state index is -0.929. The third-order valence-corrected chi connectivity index (χ3v) is 3.85. The van der Waals surface area contributed by atoms with Crippen molar-refractivity contribution in [1.29, 1.82) is 0 Å². The Morgan fingerprint density at radius 3 is 2.81 bits per heavy atom. The highest BCUT2D eigenvalue weighted by molar-refractivity contribution is 9.10. The molecule has 6 heteroatoms. The zero-order chi connectivity index (χ0) is 12.1. The number of aromatic nitrogens is 1. The van der Waals surface area contributed by atoms with E-state index in [1.165, 1.54) is 0 Å². The van der Waals surface area contributed by atoms with Crippen LogP contribution in [-0.4, -0.2) is 33.2 Å². The molecule has 1 N–H and O–H groups in total. The monoisotopic (exact) mass is 304 g/mol. The number of pyridine rings is 1. The van der Waals surface area contributed by atoms with Gasteiger partial charge in [0.2, 0.25) is 0 Å². The first-order valence-corrected chi connectivity index (χ1v) is 7.14. The molecule has 1 rings (SSSR count). The molecule has 4 nitrogen and oxygen atoms in total. The second kappa shape index (κ2) is 6.10. The summed E-state index contributed by atoms with van der Waals surface area (Å²) < 4.78 is 11.9. The highest BCUT2D eigenvalue weighted by atomic mass is 79.9. The number of hydrogen-bond donors (Lipinski definition) is 1. The van der Waals surface area contributed by atoms with E-state index in [2.05, 4.69) is 26.2 Å². The van der Waals surface area contributed by atoms with Gasteiger partial charge in [0.1, 0.15) is 5.69 Å². The van der Waals surface area contributed by atoms with E-state index in [0.717, 1.165) is 4.47 Å². The molecule has 0 saturated carbocycles. The number of nitrogens with one attached hydrogen (secondary N) is 1. The molecule has 0 radical (unpaired) electrons. The topological polar surface area (TPSA) is 59.1 Å². The SMILES string of the molecule is CC(CNC(=O)c1ccc(Br)cn1)S(C)=O. The molecule has 16 heavy (non-hydrogen) atoms. The summed E-state index contributed by atoms with van der Waals surface area (Å²) in [5, 5.41) is 2.63. The van der Waals surface area contributed by atoms with Crippen molar-refractivity contribution in [2.24, 2.45) is 0 Å². The van der Waals surface area contributed by atoms with Gasteiger partial charge in [-0.3, -0.25) is 9.00 Å². The van der Waals surface area contributed by atoms with Crippen molar-refractivity contribution in [1.82, 2.24) is 10.3 Å². The summed E-state index contributed by atoms with van der Waals surface area (Å²) in [6.45, 7) is 2.21. The van der Waals surface area contributed by atoms with E-state index in [1.54, 1.807) is 24.6 Å². The van der Waals surface area contributed by atoms with Crippen molar-refractivity contribution in [3.63, 3.8) is 0 Å². The Labute approximate surface area is 105 Å². The third kappa shape index (κ3) is 4.02. The fourth-order valence-electron chi connectivity index (χ4n) is 0.954. The van der Waals surface area contributed by atoms with Crippen LogP contribution in [0.1, 0.15) is 17.4 Å². The standard InChI is InChI=1S/C10H13BrN2O2S/c1-7(16(2)15)5-13-10(14)9-4-3-8(11)6-12-9/h3-4,6-7H,5H2,1-2H3,(H,13,14). The Morgan fingerprint density at radius 1 is 1.62 bits per heavy atom. The Balaban J connectivity index is 2.53. The van der Waals surface area contributed by atoms with Crippen LogP contribution < -0.4 is 5.32 Å². The van der Waals surface area contributed by atoms with Crippen LogP contribution in [0.4, 0.5) is 0 Å². The average Bonchev–Trinajstić information content (AvgIpc) is 2.26. The molecule has 2 unspecified atom stereocenters. The lowest BCUT2D eigenvalue weighted by atomic mass is 10.3. The Morgan fingerprint density at radius 2 is 2.31 bits per heavy atom. The Hall–Kier alpha value is -0.750. The van der Waals surface area contributed by atoms with Gasteiger partial charge in [-0.05, 0) is 35.0 Å². The average molecular weight is 305 g/mol. The second-order valence-corrected chi connectivity index (χ2v) is 6.10. The number of amides is 1. The van der Waals surface area contributed by atoms with E-state index in [0.29, 0.717) is 12.2 Å². The Kier molecular flexibility index (Phi) is 5.08. The third-order valence-electron chi connectivity index (χ3n) is 2.08. The van der Waals surface area contributed by atoms with Gasteiger partial charge in [-0.2, -0.15) is 0 Å². The molecular formula is C10H13BrN2O2S. The van der Waals surface area contributed by atoms with E-state index in [1.807, 2.05) is 6.92 Å². The molecule has 2 atom stereocenters. The summed E-state index contributed by atoms with van der Waals surface area (Å²) in [6.07, 6.45) is 3.19. The van der Waals surface area contributed by atoms with Gasteiger partial charge in [-0.15, -0.1) is 0 Å². The molecule has 1 aromatic rings. The van der Waals surface area contributed by atoms with Gasteiger partial charge in [-0.1, -0.05) is 0 Å². The largest absolute Gasteiger partial charge is 0.350 e. The molecule has 0 bridgehead atoms. The summed E-state index contributed by atoms with van der Waals surface area (Å²) in [5.41, 5.74) is 0.359. The number of halogens is 1. The predicted octanol–water partition coefficient (Wildman–Crippen LogP) is 1.34. The number of nitrogens with zero attached hydrogens (tertiary/aromatic N) is 1. The molecule has 0 aliphatic rings. The molecule has 88 valence electrons. The van der Waals surface area contributed by atoms with Gasteiger partial charge < -0.3 is 5.32 Å². The van der Waals surface area contributed by atoms with Gasteiger partial charge in [-0.25, -0.2) is 4.98 Å². The van der Waals surface area contributed by atoms with E-state index in [9.17, 15) is 9.00 Å². The minimum absolute atomic E-state index is 0.0561. The first kappa shape index (κ1) is 13.3. The van der Waals surface area contributed by atoms with Crippen LogP contribution in [0.5, 0.6) is 0 Å². The molecule has 0 spiro atoms. The van der Waals surface area contributed by atoms with Crippen LogP contribution in [0.25, 0.3) is 0 Å². The van der Waals surface area contributed by atoms with Crippen LogP contribution in [0.2, 0.25) is 0 Å². The van der Waals surface area contributed by atoms with Crippen molar-refractivity contribution < 1.29 is 9.00 Å². The zero-order valence-corrected chi connectivity index (χ0v) is 11.5. The van der Waals surface area contributed by atoms with Crippen LogP contribution in [0.15, 0.2) is 22.8 Å². The maximum absolute atomic E-state index is 11.6. The highest BCUT2D eigenvalue weighted by Crippen LogP contribution is 2.07. The lowest BCUT2D eigenvalue weighted by molar-refractivity contribution is 0.0949. The van der Waals surface area contributed by atoms with Gasteiger partial charge >= 0.3 is 0 Å². The molecule has 0 aromatic carbocycles. The first-order valence-electron chi connectivity index (χ1n) is 4.72. The fraction of sp³-hybridized carbons (Fsp3) is 0.400. The van der Waals surface area contributed by atoms with Crippen LogP contribution in [-0.2, 0) is 10.8 Å². The van der Waals surface area contributed by atoms with E-state index in [-0.39, 0.29) is 11.2 Å². The number of hydrogen-bond acceptors (Lipinski definition) is 3. The fourth-order valence-corrected chi connectivity index (χ4v) is 1.51. The highest BCUT2D eigenvalue weighted by Gasteiger charge is 2.10. The maximum Gasteiger partial charge on any atom is 0.269 e. The van der Waals surface area contributed by atoms with Crippen molar-refractivity contribution in [2.75, 3.05) is 12.8 Å². The lowest BCUT2D eigenvalue weighted by Crippen LogP contribution is -2.32. The van der Waals surface area contributed by atoms with Crippen LogP contribution in [0, 0.1) is 0 Å². The van der Waals surface area contributed by atoms with E-state index < -0.39 is 10.8 Å². The second-order valence-electron chi connectivity index (χ2n) is 3.38. The normalized spacial score (nSPS) is 14.2. The van der Waals surface area contributed by atoms with Gasteiger partial charge in [0, 0.05) is 39.5 Å². The van der Waals surface area contributed by atoms with Crippen LogP contribution >= 0.6 is 15.9 Å². The van der Waals surface area contributed by atoms with E-state index >= 15 is 0 Å². The van der Waals surface area contributed by atoms with Crippen molar-refractivity contribution in [3.8, 4) is 0 Å². The number of carbonyl (C=O) groups is 1. The van der Waals surface area contributed by atoms with Gasteiger partial charge in [0.25, 0.3) is 5.91 Å². The zero-order valence-electron chi connectivity index (χ0n) is 9.07. The summed E-state index contributed by atoms with van der Waals surface area (Å²) in [7, 11) is -0.929. The summed E-state index contributed by atoms with van der Waals surface area (Å²) >= 11 is 3.24. The Bertz CT molecular complexity index is 394. The lowest BCUT2D eigenvalue weighted by Gasteiger charge is -2.09. The first-order chi connectivity index (χ1) is 7.50. The van der Waals surface area contributed by atoms with Gasteiger partial charge in [0.15, 0.2) is 0 Å². The smallest absolute Gasteiger partial charge is 0.269 e. The molecule has 1 amide bonds. The molecule has 0 fully saturated rings. The number of rotatable bonds is 4. The number of carbonyl (C=O) groups excluding carboxylic acids is 1.